The van der Waals surface area contributed by atoms with Crippen LogP contribution in [0.5, 0.6) is 0 Å². The Balaban J connectivity index is 0.00000289. The molecule has 0 aliphatic carbocycles. The number of hydrogen-bond donors (Lipinski definition) is 0. The van der Waals surface area contributed by atoms with Crippen LogP contribution in [-0.4, -0.2) is 68.4 Å². The van der Waals surface area contributed by atoms with Gasteiger partial charge in [0.05, 0.1) is 0 Å². The van der Waals surface area contributed by atoms with E-state index in [4.69, 9.17) is 11.6 Å². The summed E-state index contributed by atoms with van der Waals surface area (Å²) in [6, 6.07) is 15.6. The summed E-state index contributed by atoms with van der Waals surface area (Å²) in [5.74, 6) is 0.575. The third kappa shape index (κ3) is 5.92. The van der Waals surface area contributed by atoms with Gasteiger partial charge in [0.15, 0.2) is 0 Å². The molecule has 5 rings (SSSR count). The molecule has 0 spiro atoms. The number of sulfonamides is 1. The van der Waals surface area contributed by atoms with E-state index in [-0.39, 0.29) is 12.4 Å². The molecule has 6 nitrogen and oxygen atoms in total. The fourth-order valence-corrected chi connectivity index (χ4v) is 6.87. The predicted octanol–water partition coefficient (Wildman–Crippen LogP) is 4.92. The number of rotatable bonds is 6. The lowest BCUT2D eigenvalue weighted by Crippen LogP contribution is -2.47. The molecule has 2 aliphatic rings. The minimum atomic E-state index is -3.54. The Labute approximate surface area is 219 Å². The summed E-state index contributed by atoms with van der Waals surface area (Å²) >= 11 is 6.01. The molecule has 0 amide bonds. The lowest BCUT2D eigenvalue weighted by molar-refractivity contribution is 0.206. The molecule has 35 heavy (non-hydrogen) atoms. The average molecular weight is 536 g/mol. The molecular formula is C26H32Cl2N4O2S. The van der Waals surface area contributed by atoms with E-state index in [1.54, 1.807) is 10.5 Å². The van der Waals surface area contributed by atoms with Gasteiger partial charge in [-0.1, -0.05) is 35.9 Å². The van der Waals surface area contributed by atoms with E-state index >= 15 is 0 Å². The molecule has 2 aliphatic heterocycles. The SMILES string of the molecule is Cl.O=S(=O)(c1cncc2ccccc12)N1CCC(CCN2CCN(c3ccc(Cl)cc3)CC2)CC1. The fourth-order valence-electron chi connectivity index (χ4n) is 5.12. The quantitative estimate of drug-likeness (QED) is 0.449. The van der Waals surface area contributed by atoms with Crippen LogP contribution in [-0.2, 0) is 10.0 Å². The second-order valence-corrected chi connectivity index (χ2v) is 11.6. The Morgan fingerprint density at radius 3 is 2.29 bits per heavy atom. The van der Waals surface area contributed by atoms with Crippen molar-refractivity contribution in [2.24, 2.45) is 5.92 Å². The predicted molar refractivity (Wildman–Crippen MR) is 145 cm³/mol. The number of hydrogen-bond acceptors (Lipinski definition) is 5. The van der Waals surface area contributed by atoms with E-state index in [0.29, 0.717) is 23.9 Å². The number of nitrogens with zero attached hydrogens (tertiary/aromatic N) is 4. The standard InChI is InChI=1S/C26H31ClN4O2S.ClH/c27-23-5-7-24(8-6-23)30-17-15-29(16-18-30)12-9-21-10-13-31(14-11-21)34(32,33)26-20-28-19-22-3-1-2-4-25(22)26;/h1-8,19-21H,9-18H2;1H. The van der Waals surface area contributed by atoms with E-state index in [1.807, 2.05) is 36.4 Å². The summed E-state index contributed by atoms with van der Waals surface area (Å²) < 4.78 is 28.3. The van der Waals surface area contributed by atoms with Crippen LogP contribution in [0.3, 0.4) is 0 Å². The Morgan fingerprint density at radius 1 is 0.886 bits per heavy atom. The highest BCUT2D eigenvalue weighted by atomic mass is 35.5. The number of benzene rings is 2. The molecule has 0 N–H and O–H groups in total. The van der Waals surface area contributed by atoms with Gasteiger partial charge < -0.3 is 4.90 Å². The summed E-state index contributed by atoms with van der Waals surface area (Å²) in [6.45, 7) is 6.42. The van der Waals surface area contributed by atoms with Crippen molar-refractivity contribution < 1.29 is 8.42 Å². The molecule has 0 bridgehead atoms. The second kappa shape index (κ2) is 11.4. The summed E-state index contributed by atoms with van der Waals surface area (Å²) in [7, 11) is -3.54. The number of piperazine rings is 1. The minimum Gasteiger partial charge on any atom is -0.369 e. The number of halogens is 2. The van der Waals surface area contributed by atoms with Crippen molar-refractivity contribution in [3.8, 4) is 0 Å². The first kappa shape index (κ1) is 26.2. The fraction of sp³-hybridized carbons (Fsp3) is 0.423. The van der Waals surface area contributed by atoms with Crippen molar-refractivity contribution in [3.05, 3.63) is 65.9 Å². The highest BCUT2D eigenvalue weighted by molar-refractivity contribution is 7.89. The normalized spacial score (nSPS) is 18.5. The summed E-state index contributed by atoms with van der Waals surface area (Å²) in [4.78, 5) is 9.45. The van der Waals surface area contributed by atoms with Crippen molar-refractivity contribution in [2.45, 2.75) is 24.2 Å². The highest BCUT2D eigenvalue weighted by Crippen LogP contribution is 2.29. The third-order valence-corrected chi connectivity index (χ3v) is 9.42. The summed E-state index contributed by atoms with van der Waals surface area (Å²) in [6.07, 6.45) is 6.18. The zero-order valence-corrected chi connectivity index (χ0v) is 22.1. The number of piperidine rings is 1. The zero-order chi connectivity index (χ0) is 23.5. The Bertz CT molecular complexity index is 1220. The van der Waals surface area contributed by atoms with Crippen LogP contribution < -0.4 is 4.90 Å². The number of pyridine rings is 1. The van der Waals surface area contributed by atoms with Crippen molar-refractivity contribution >= 4 is 50.5 Å². The van der Waals surface area contributed by atoms with Crippen LogP contribution in [0.25, 0.3) is 10.8 Å². The van der Waals surface area contributed by atoms with Gasteiger partial charge in [0.1, 0.15) is 4.90 Å². The molecule has 2 aromatic carbocycles. The molecule has 9 heteroatoms. The van der Waals surface area contributed by atoms with Crippen LogP contribution in [0.4, 0.5) is 5.69 Å². The van der Waals surface area contributed by atoms with Crippen molar-refractivity contribution in [2.75, 3.05) is 50.7 Å². The third-order valence-electron chi connectivity index (χ3n) is 7.24. The molecular weight excluding hydrogens is 503 g/mol. The van der Waals surface area contributed by atoms with Crippen LogP contribution in [0.2, 0.25) is 5.02 Å². The van der Waals surface area contributed by atoms with E-state index in [2.05, 4.69) is 26.9 Å². The lowest BCUT2D eigenvalue weighted by Gasteiger charge is -2.37. The average Bonchev–Trinajstić information content (AvgIpc) is 2.88. The molecule has 1 aromatic heterocycles. The molecule has 3 aromatic rings. The van der Waals surface area contributed by atoms with E-state index in [0.717, 1.165) is 67.8 Å². The van der Waals surface area contributed by atoms with E-state index in [1.165, 1.54) is 11.9 Å². The van der Waals surface area contributed by atoms with Gasteiger partial charge in [-0.2, -0.15) is 4.31 Å². The van der Waals surface area contributed by atoms with Gasteiger partial charge >= 0.3 is 0 Å². The Hall–Kier alpha value is -1.90. The van der Waals surface area contributed by atoms with E-state index in [9.17, 15) is 8.42 Å². The van der Waals surface area contributed by atoms with Gasteiger partial charge in [-0.25, -0.2) is 8.42 Å². The maximum absolute atomic E-state index is 13.3. The summed E-state index contributed by atoms with van der Waals surface area (Å²) in [5.41, 5.74) is 1.24. The first-order chi connectivity index (χ1) is 16.5. The number of aromatic nitrogens is 1. The molecule has 2 fully saturated rings. The molecule has 0 saturated carbocycles. The maximum Gasteiger partial charge on any atom is 0.245 e. The van der Waals surface area contributed by atoms with Gasteiger partial charge in [0.2, 0.25) is 10.0 Å². The Morgan fingerprint density at radius 2 is 1.57 bits per heavy atom. The second-order valence-electron chi connectivity index (χ2n) is 9.30. The van der Waals surface area contributed by atoms with Crippen LogP contribution in [0, 0.1) is 5.92 Å². The molecule has 3 heterocycles. The van der Waals surface area contributed by atoms with E-state index < -0.39 is 10.0 Å². The van der Waals surface area contributed by atoms with Crippen molar-refractivity contribution in [3.63, 3.8) is 0 Å². The van der Waals surface area contributed by atoms with Gasteiger partial charge in [0.25, 0.3) is 0 Å². The smallest absolute Gasteiger partial charge is 0.245 e. The van der Waals surface area contributed by atoms with Gasteiger partial charge in [-0.15, -0.1) is 12.4 Å². The van der Waals surface area contributed by atoms with Gasteiger partial charge in [-0.3, -0.25) is 9.88 Å². The Kier molecular flexibility index (Phi) is 8.55. The number of fused-ring (bicyclic) bond motifs is 1. The number of anilines is 1. The lowest BCUT2D eigenvalue weighted by atomic mass is 9.94. The zero-order valence-electron chi connectivity index (χ0n) is 19.7. The molecule has 2 saturated heterocycles. The monoisotopic (exact) mass is 534 g/mol. The van der Waals surface area contributed by atoms with Crippen LogP contribution in [0.15, 0.2) is 65.8 Å². The highest BCUT2D eigenvalue weighted by Gasteiger charge is 2.31. The summed E-state index contributed by atoms with van der Waals surface area (Å²) in [5, 5.41) is 2.38. The topological polar surface area (TPSA) is 56.8 Å². The van der Waals surface area contributed by atoms with Crippen molar-refractivity contribution in [1.82, 2.24) is 14.2 Å². The van der Waals surface area contributed by atoms with Crippen LogP contribution >= 0.6 is 24.0 Å². The first-order valence-corrected chi connectivity index (χ1v) is 13.9. The molecule has 188 valence electrons. The van der Waals surface area contributed by atoms with Crippen molar-refractivity contribution in [1.29, 1.82) is 0 Å². The molecule has 0 unspecified atom stereocenters. The van der Waals surface area contributed by atoms with Gasteiger partial charge in [-0.05, 0) is 56.0 Å². The van der Waals surface area contributed by atoms with Crippen LogP contribution in [0.1, 0.15) is 19.3 Å². The molecule has 0 atom stereocenters. The first-order valence-electron chi connectivity index (χ1n) is 12.1. The maximum atomic E-state index is 13.3. The molecule has 0 radical (unpaired) electrons. The largest absolute Gasteiger partial charge is 0.369 e. The minimum absolute atomic E-state index is 0. The van der Waals surface area contributed by atoms with Gasteiger partial charge in [0, 0.05) is 73.1 Å².